The molecule has 0 saturated carbocycles. The van der Waals surface area contributed by atoms with Gasteiger partial charge in [-0.1, -0.05) is 42.5 Å². The maximum Gasteiger partial charge on any atom is 0.320 e. The van der Waals surface area contributed by atoms with Crippen molar-refractivity contribution < 1.29 is 19.4 Å². The van der Waals surface area contributed by atoms with Gasteiger partial charge in [0, 0.05) is 6.54 Å². The molecule has 156 valence electrons. The standard InChI is InChI=1S/C25H27NO4/c1-3-30-23-16-20(12-13-22(23)29-2)24(26-14-6-9-21(26)25(27)28)19-11-10-17-7-4-5-8-18(17)15-19/h4-5,7-8,10-13,15-16,21,24H,3,6,9,14H2,1-2H3,(H,27,28). The van der Waals surface area contributed by atoms with E-state index in [1.807, 2.05) is 37.3 Å². The quantitative estimate of drug-likeness (QED) is 0.607. The molecular weight excluding hydrogens is 378 g/mol. The average Bonchev–Trinajstić information content (AvgIpc) is 3.24. The Morgan fingerprint density at radius 2 is 1.80 bits per heavy atom. The molecular formula is C25H27NO4. The van der Waals surface area contributed by atoms with Crippen molar-refractivity contribution in [3.63, 3.8) is 0 Å². The van der Waals surface area contributed by atoms with Crippen LogP contribution in [-0.4, -0.2) is 42.3 Å². The molecule has 0 spiro atoms. The number of benzene rings is 3. The van der Waals surface area contributed by atoms with E-state index in [1.165, 1.54) is 5.39 Å². The van der Waals surface area contributed by atoms with Crippen LogP contribution in [0.2, 0.25) is 0 Å². The van der Waals surface area contributed by atoms with E-state index in [-0.39, 0.29) is 6.04 Å². The second-order valence-corrected chi connectivity index (χ2v) is 7.59. The van der Waals surface area contributed by atoms with Crippen LogP contribution >= 0.6 is 0 Å². The normalized spacial score (nSPS) is 17.7. The van der Waals surface area contributed by atoms with Crippen LogP contribution in [0.25, 0.3) is 10.8 Å². The van der Waals surface area contributed by atoms with E-state index in [4.69, 9.17) is 9.47 Å². The molecule has 2 unspecified atom stereocenters. The summed E-state index contributed by atoms with van der Waals surface area (Å²) in [7, 11) is 1.62. The number of nitrogens with zero attached hydrogens (tertiary/aromatic N) is 1. The minimum absolute atomic E-state index is 0.177. The number of hydrogen-bond donors (Lipinski definition) is 1. The lowest BCUT2D eigenvalue weighted by molar-refractivity contribution is -0.142. The van der Waals surface area contributed by atoms with Crippen molar-refractivity contribution in [2.75, 3.05) is 20.3 Å². The number of rotatable bonds is 7. The van der Waals surface area contributed by atoms with Crippen molar-refractivity contribution in [1.82, 2.24) is 4.90 Å². The van der Waals surface area contributed by atoms with Gasteiger partial charge in [0.25, 0.3) is 0 Å². The van der Waals surface area contributed by atoms with E-state index >= 15 is 0 Å². The minimum atomic E-state index is -0.767. The molecule has 2 atom stereocenters. The third-order valence-corrected chi connectivity index (χ3v) is 5.80. The lowest BCUT2D eigenvalue weighted by Gasteiger charge is -2.32. The maximum atomic E-state index is 12.0. The van der Waals surface area contributed by atoms with Crippen LogP contribution in [0.3, 0.4) is 0 Å². The molecule has 0 aliphatic carbocycles. The van der Waals surface area contributed by atoms with Crippen LogP contribution in [0.15, 0.2) is 60.7 Å². The highest BCUT2D eigenvalue weighted by Crippen LogP contribution is 2.39. The molecule has 1 aliphatic heterocycles. The molecule has 1 fully saturated rings. The van der Waals surface area contributed by atoms with Crippen LogP contribution in [0.4, 0.5) is 0 Å². The molecule has 0 radical (unpaired) electrons. The van der Waals surface area contributed by atoms with Crippen molar-refractivity contribution in [3.8, 4) is 11.5 Å². The maximum absolute atomic E-state index is 12.0. The van der Waals surface area contributed by atoms with Crippen molar-refractivity contribution in [1.29, 1.82) is 0 Å². The summed E-state index contributed by atoms with van der Waals surface area (Å²) in [5.41, 5.74) is 2.08. The second-order valence-electron chi connectivity index (χ2n) is 7.59. The summed E-state index contributed by atoms with van der Waals surface area (Å²) in [6.45, 7) is 3.21. The van der Waals surface area contributed by atoms with Gasteiger partial charge in [-0.15, -0.1) is 0 Å². The third kappa shape index (κ3) is 3.85. The van der Waals surface area contributed by atoms with Gasteiger partial charge in [0.05, 0.1) is 19.8 Å². The number of carboxylic acid groups (broad SMARTS) is 1. The molecule has 5 nitrogen and oxygen atoms in total. The summed E-state index contributed by atoms with van der Waals surface area (Å²) in [5.74, 6) is 0.584. The van der Waals surface area contributed by atoms with Crippen molar-refractivity contribution >= 4 is 16.7 Å². The molecule has 4 rings (SSSR count). The van der Waals surface area contributed by atoms with E-state index in [1.54, 1.807) is 7.11 Å². The van der Waals surface area contributed by atoms with Gasteiger partial charge in [0.15, 0.2) is 11.5 Å². The number of likely N-dealkylation sites (tertiary alicyclic amines) is 1. The van der Waals surface area contributed by atoms with Gasteiger partial charge in [0.1, 0.15) is 6.04 Å². The Hall–Kier alpha value is -3.05. The topological polar surface area (TPSA) is 59.0 Å². The predicted octanol–water partition coefficient (Wildman–Crippen LogP) is 4.89. The molecule has 5 heteroatoms. The fourth-order valence-corrected chi connectivity index (χ4v) is 4.45. The first-order chi connectivity index (χ1) is 14.6. The lowest BCUT2D eigenvalue weighted by Crippen LogP contribution is -2.39. The molecule has 1 saturated heterocycles. The Kier molecular flexibility index (Phi) is 5.91. The molecule has 0 aromatic heterocycles. The first-order valence-electron chi connectivity index (χ1n) is 10.4. The Morgan fingerprint density at radius 1 is 1.07 bits per heavy atom. The highest BCUT2D eigenvalue weighted by molar-refractivity contribution is 5.83. The third-order valence-electron chi connectivity index (χ3n) is 5.80. The Balaban J connectivity index is 1.85. The van der Waals surface area contributed by atoms with Crippen molar-refractivity contribution in [2.24, 2.45) is 0 Å². The number of hydrogen-bond acceptors (Lipinski definition) is 4. The van der Waals surface area contributed by atoms with Crippen LogP contribution in [0.1, 0.15) is 36.9 Å². The van der Waals surface area contributed by atoms with Crippen LogP contribution < -0.4 is 9.47 Å². The Morgan fingerprint density at radius 3 is 2.53 bits per heavy atom. The fourth-order valence-electron chi connectivity index (χ4n) is 4.45. The second kappa shape index (κ2) is 8.76. The van der Waals surface area contributed by atoms with E-state index in [9.17, 15) is 9.90 Å². The first kappa shape index (κ1) is 20.2. The molecule has 0 amide bonds. The highest BCUT2D eigenvalue weighted by atomic mass is 16.5. The molecule has 1 N–H and O–H groups in total. The summed E-state index contributed by atoms with van der Waals surface area (Å²) in [6.07, 6.45) is 1.53. The average molecular weight is 405 g/mol. The summed E-state index contributed by atoms with van der Waals surface area (Å²) in [5, 5.41) is 12.1. The zero-order valence-corrected chi connectivity index (χ0v) is 17.4. The molecule has 0 bridgehead atoms. The predicted molar refractivity (Wildman–Crippen MR) is 117 cm³/mol. The molecule has 3 aromatic rings. The minimum Gasteiger partial charge on any atom is -0.493 e. The zero-order chi connectivity index (χ0) is 21.1. The van der Waals surface area contributed by atoms with Gasteiger partial charge in [-0.2, -0.15) is 0 Å². The SMILES string of the molecule is CCOc1cc(C(c2ccc3ccccc3c2)N2CCCC2C(=O)O)ccc1OC. The van der Waals surface area contributed by atoms with E-state index in [0.717, 1.165) is 29.5 Å². The first-order valence-corrected chi connectivity index (χ1v) is 10.4. The molecule has 3 aromatic carbocycles. The number of ether oxygens (including phenoxy) is 2. The molecule has 1 heterocycles. The van der Waals surface area contributed by atoms with Gasteiger partial charge in [0.2, 0.25) is 0 Å². The number of aliphatic carboxylic acids is 1. The highest BCUT2D eigenvalue weighted by Gasteiger charge is 2.37. The lowest BCUT2D eigenvalue weighted by atomic mass is 9.94. The Bertz CT molecular complexity index is 1050. The Labute approximate surface area is 176 Å². The summed E-state index contributed by atoms with van der Waals surface area (Å²) in [6, 6.07) is 19.8. The van der Waals surface area contributed by atoms with Gasteiger partial charge < -0.3 is 14.6 Å². The number of carboxylic acids is 1. The summed E-state index contributed by atoms with van der Waals surface area (Å²) >= 11 is 0. The van der Waals surface area contributed by atoms with Crippen LogP contribution in [0, 0.1) is 0 Å². The largest absolute Gasteiger partial charge is 0.493 e. The fraction of sp³-hybridized carbons (Fsp3) is 0.320. The van der Waals surface area contributed by atoms with E-state index < -0.39 is 12.0 Å². The van der Waals surface area contributed by atoms with E-state index in [2.05, 4.69) is 35.2 Å². The number of fused-ring (bicyclic) bond motifs is 1. The van der Waals surface area contributed by atoms with Crippen LogP contribution in [-0.2, 0) is 4.79 Å². The zero-order valence-electron chi connectivity index (χ0n) is 17.4. The monoisotopic (exact) mass is 405 g/mol. The van der Waals surface area contributed by atoms with Gasteiger partial charge in [-0.3, -0.25) is 9.69 Å². The van der Waals surface area contributed by atoms with Crippen LogP contribution in [0.5, 0.6) is 11.5 Å². The van der Waals surface area contributed by atoms with Gasteiger partial charge >= 0.3 is 5.97 Å². The smallest absolute Gasteiger partial charge is 0.320 e. The van der Waals surface area contributed by atoms with Crippen molar-refractivity contribution in [3.05, 3.63) is 71.8 Å². The van der Waals surface area contributed by atoms with E-state index in [0.29, 0.717) is 24.5 Å². The van der Waals surface area contributed by atoms with Gasteiger partial charge in [-0.05, 0) is 59.9 Å². The van der Waals surface area contributed by atoms with Crippen molar-refractivity contribution in [2.45, 2.75) is 31.8 Å². The number of methoxy groups -OCH3 is 1. The van der Waals surface area contributed by atoms with Gasteiger partial charge in [-0.25, -0.2) is 0 Å². The molecule has 1 aliphatic rings. The summed E-state index contributed by atoms with van der Waals surface area (Å²) in [4.78, 5) is 14.1. The number of carbonyl (C=O) groups is 1. The molecule has 30 heavy (non-hydrogen) atoms. The summed E-state index contributed by atoms with van der Waals surface area (Å²) < 4.78 is 11.3.